The molecule has 1 amide bonds. The van der Waals surface area contributed by atoms with Crippen LogP contribution in [0.1, 0.15) is 12.0 Å². The van der Waals surface area contributed by atoms with E-state index in [2.05, 4.69) is 0 Å². The fraction of sp³-hybridized carbons (Fsp3) is 0.0625. The number of halogens is 1. The summed E-state index contributed by atoms with van der Waals surface area (Å²) in [6.45, 7) is 0. The van der Waals surface area contributed by atoms with Gasteiger partial charge in [0.25, 0.3) is 0 Å². The summed E-state index contributed by atoms with van der Waals surface area (Å²) in [5.74, 6) is -0.529. The molecule has 0 fully saturated rings. The second kappa shape index (κ2) is 4.69. The number of carbonyl (C=O) groups excluding carboxylic acids is 1. The molecule has 1 aliphatic heterocycles. The van der Waals surface area contributed by atoms with Crippen LogP contribution in [0.4, 0.5) is 15.8 Å². The molecular weight excluding hydrogens is 241 g/mol. The lowest BCUT2D eigenvalue weighted by Gasteiger charge is -2.23. The van der Waals surface area contributed by atoms with E-state index in [1.165, 1.54) is 11.0 Å². The fourth-order valence-corrected chi connectivity index (χ4v) is 2.24. The summed E-state index contributed by atoms with van der Waals surface area (Å²) < 4.78 is 14.0. The summed E-state index contributed by atoms with van der Waals surface area (Å²) in [4.78, 5) is 13.7. The molecule has 0 aliphatic carbocycles. The van der Waals surface area contributed by atoms with Crippen molar-refractivity contribution in [1.29, 1.82) is 0 Å². The highest BCUT2D eigenvalue weighted by Gasteiger charge is 2.23. The van der Waals surface area contributed by atoms with Gasteiger partial charge in [0.2, 0.25) is 5.91 Å². The zero-order valence-corrected chi connectivity index (χ0v) is 10.2. The van der Waals surface area contributed by atoms with Crippen molar-refractivity contribution in [2.75, 3.05) is 4.90 Å². The summed E-state index contributed by atoms with van der Waals surface area (Å²) in [6.07, 6.45) is 3.97. The first-order valence-corrected chi connectivity index (χ1v) is 6.10. The number of hydrogen-bond acceptors (Lipinski definition) is 1. The molecule has 3 rings (SSSR count). The molecule has 19 heavy (non-hydrogen) atoms. The first kappa shape index (κ1) is 11.7. The van der Waals surface area contributed by atoms with E-state index in [0.29, 0.717) is 11.4 Å². The maximum atomic E-state index is 14.0. The van der Waals surface area contributed by atoms with Crippen molar-refractivity contribution >= 4 is 23.4 Å². The van der Waals surface area contributed by atoms with Gasteiger partial charge in [0.05, 0.1) is 11.4 Å². The van der Waals surface area contributed by atoms with E-state index in [4.69, 9.17) is 0 Å². The molecular formula is C16H12FNO. The Labute approximate surface area is 110 Å². The summed E-state index contributed by atoms with van der Waals surface area (Å²) in [5, 5.41) is 0. The largest absolute Gasteiger partial charge is 0.277 e. The molecule has 1 heterocycles. The van der Waals surface area contributed by atoms with Crippen LogP contribution in [-0.4, -0.2) is 5.91 Å². The maximum Gasteiger partial charge on any atom is 0.235 e. The minimum absolute atomic E-state index is 0.133. The number of para-hydroxylation sites is 2. The van der Waals surface area contributed by atoms with Gasteiger partial charge in [0.15, 0.2) is 0 Å². The summed E-state index contributed by atoms with van der Waals surface area (Å²) >= 11 is 0. The van der Waals surface area contributed by atoms with Crippen LogP contribution >= 0.6 is 0 Å². The number of benzene rings is 2. The second-order valence-corrected chi connectivity index (χ2v) is 4.35. The van der Waals surface area contributed by atoms with E-state index >= 15 is 0 Å². The number of nitrogens with zero attached hydrogens (tertiary/aromatic N) is 1. The predicted molar refractivity (Wildman–Crippen MR) is 73.6 cm³/mol. The average Bonchev–Trinajstić information content (AvgIpc) is 2.58. The third-order valence-electron chi connectivity index (χ3n) is 3.11. The van der Waals surface area contributed by atoms with Crippen molar-refractivity contribution in [1.82, 2.24) is 0 Å². The van der Waals surface area contributed by atoms with Gasteiger partial charge in [0, 0.05) is 6.42 Å². The van der Waals surface area contributed by atoms with Crippen molar-refractivity contribution in [3.8, 4) is 0 Å². The van der Waals surface area contributed by atoms with Crippen LogP contribution < -0.4 is 4.90 Å². The molecule has 2 aromatic carbocycles. The quantitative estimate of drug-likeness (QED) is 0.754. The minimum atomic E-state index is -0.396. The predicted octanol–water partition coefficient (Wildman–Crippen LogP) is 3.91. The standard InChI is InChI=1S/C16H12FNO/c17-13-8-2-4-10-15(13)18-14-9-3-1-6-12(14)7-5-11-16(18)19/h1-10H,11H2. The van der Waals surface area contributed by atoms with Gasteiger partial charge in [-0.3, -0.25) is 9.69 Å². The molecule has 1 aliphatic rings. The molecule has 2 aromatic rings. The smallest absolute Gasteiger partial charge is 0.235 e. The van der Waals surface area contributed by atoms with Crippen LogP contribution in [0.3, 0.4) is 0 Å². The molecule has 94 valence electrons. The van der Waals surface area contributed by atoms with E-state index < -0.39 is 5.82 Å². The molecule has 3 heteroatoms. The zero-order valence-electron chi connectivity index (χ0n) is 10.2. The van der Waals surface area contributed by atoms with Gasteiger partial charge in [-0.1, -0.05) is 42.5 Å². The second-order valence-electron chi connectivity index (χ2n) is 4.35. The molecule has 0 aromatic heterocycles. The Morgan fingerprint density at radius 3 is 2.42 bits per heavy atom. The van der Waals surface area contributed by atoms with E-state index in [0.717, 1.165) is 5.56 Å². The first-order valence-electron chi connectivity index (χ1n) is 6.10. The molecule has 0 spiro atoms. The van der Waals surface area contributed by atoms with Gasteiger partial charge < -0.3 is 0 Å². The number of rotatable bonds is 1. The average molecular weight is 253 g/mol. The summed E-state index contributed by atoms with van der Waals surface area (Å²) in [5.41, 5.74) is 1.92. The highest BCUT2D eigenvalue weighted by atomic mass is 19.1. The lowest BCUT2D eigenvalue weighted by atomic mass is 10.1. The number of fused-ring (bicyclic) bond motifs is 1. The lowest BCUT2D eigenvalue weighted by Crippen LogP contribution is -2.25. The Balaban J connectivity index is 2.20. The Hall–Kier alpha value is -2.42. The molecule has 0 radical (unpaired) electrons. The van der Waals surface area contributed by atoms with Gasteiger partial charge in [-0.2, -0.15) is 0 Å². The molecule has 0 N–H and O–H groups in total. The van der Waals surface area contributed by atoms with Crippen LogP contribution in [0.25, 0.3) is 6.08 Å². The third-order valence-corrected chi connectivity index (χ3v) is 3.11. The van der Waals surface area contributed by atoms with Gasteiger partial charge >= 0.3 is 0 Å². The first-order chi connectivity index (χ1) is 9.27. The Morgan fingerprint density at radius 1 is 0.947 bits per heavy atom. The number of hydrogen-bond donors (Lipinski definition) is 0. The van der Waals surface area contributed by atoms with Crippen LogP contribution in [-0.2, 0) is 4.79 Å². The summed E-state index contributed by atoms with van der Waals surface area (Å²) in [6, 6.07) is 13.8. The van der Waals surface area contributed by atoms with Crippen molar-refractivity contribution in [3.63, 3.8) is 0 Å². The Morgan fingerprint density at radius 2 is 1.63 bits per heavy atom. The topological polar surface area (TPSA) is 20.3 Å². The van der Waals surface area contributed by atoms with Crippen molar-refractivity contribution in [2.24, 2.45) is 0 Å². The normalized spacial score (nSPS) is 14.2. The maximum absolute atomic E-state index is 14.0. The molecule has 0 bridgehead atoms. The van der Waals surface area contributed by atoms with E-state index in [9.17, 15) is 9.18 Å². The Kier molecular flexibility index (Phi) is 2.88. The molecule has 0 unspecified atom stereocenters. The zero-order chi connectivity index (χ0) is 13.2. The molecule has 0 atom stereocenters. The highest BCUT2D eigenvalue weighted by molar-refractivity contribution is 6.04. The summed E-state index contributed by atoms with van der Waals surface area (Å²) in [7, 11) is 0. The fourth-order valence-electron chi connectivity index (χ4n) is 2.24. The van der Waals surface area contributed by atoms with Gasteiger partial charge in [0.1, 0.15) is 5.82 Å². The minimum Gasteiger partial charge on any atom is -0.277 e. The third kappa shape index (κ3) is 2.03. The van der Waals surface area contributed by atoms with Crippen molar-refractivity contribution in [2.45, 2.75) is 6.42 Å². The van der Waals surface area contributed by atoms with Gasteiger partial charge in [-0.25, -0.2) is 4.39 Å². The van der Waals surface area contributed by atoms with Crippen molar-refractivity contribution < 1.29 is 9.18 Å². The Bertz CT molecular complexity index is 663. The number of carbonyl (C=O) groups is 1. The van der Waals surface area contributed by atoms with Crippen LogP contribution in [0.15, 0.2) is 54.6 Å². The molecule has 0 saturated carbocycles. The van der Waals surface area contributed by atoms with E-state index in [1.807, 2.05) is 36.4 Å². The monoisotopic (exact) mass is 253 g/mol. The van der Waals surface area contributed by atoms with Crippen molar-refractivity contribution in [3.05, 3.63) is 66.0 Å². The molecule has 2 nitrogen and oxygen atoms in total. The van der Waals surface area contributed by atoms with Gasteiger partial charge in [-0.05, 0) is 23.8 Å². The van der Waals surface area contributed by atoms with E-state index in [-0.39, 0.29) is 12.3 Å². The highest BCUT2D eigenvalue weighted by Crippen LogP contribution is 2.33. The van der Waals surface area contributed by atoms with Crippen LogP contribution in [0, 0.1) is 5.82 Å². The number of amides is 1. The van der Waals surface area contributed by atoms with Gasteiger partial charge in [-0.15, -0.1) is 0 Å². The van der Waals surface area contributed by atoms with E-state index in [1.54, 1.807) is 18.2 Å². The molecule has 0 saturated heterocycles. The number of anilines is 2. The SMILES string of the molecule is O=C1CC=Cc2ccccc2N1c1ccccc1F. The lowest BCUT2D eigenvalue weighted by molar-refractivity contribution is -0.117. The van der Waals surface area contributed by atoms with Crippen LogP contribution in [0.2, 0.25) is 0 Å². The van der Waals surface area contributed by atoms with Crippen LogP contribution in [0.5, 0.6) is 0 Å².